The zero-order valence-corrected chi connectivity index (χ0v) is 9.60. The lowest BCUT2D eigenvalue weighted by atomic mass is 10.1. The van der Waals surface area contributed by atoms with Crippen LogP contribution in [0.4, 0.5) is 0 Å². The summed E-state index contributed by atoms with van der Waals surface area (Å²) in [4.78, 5) is 3.19. The van der Waals surface area contributed by atoms with Crippen molar-refractivity contribution in [3.63, 3.8) is 0 Å². The van der Waals surface area contributed by atoms with E-state index in [2.05, 4.69) is 4.98 Å². The summed E-state index contributed by atoms with van der Waals surface area (Å²) in [6.07, 6.45) is 1.95. The average Bonchev–Trinajstić information content (AvgIpc) is 2.59. The number of nitrogens with one attached hydrogen (secondary N) is 1. The minimum absolute atomic E-state index is 0. The number of aromatic nitrogens is 1. The van der Waals surface area contributed by atoms with E-state index < -0.39 is 0 Å². The molecule has 0 fully saturated rings. The first kappa shape index (κ1) is 11.9. The molecule has 0 radical (unpaired) electrons. The summed E-state index contributed by atoms with van der Waals surface area (Å²) >= 11 is 0. The van der Waals surface area contributed by atoms with Crippen LogP contribution in [0.1, 0.15) is 18.5 Å². The highest BCUT2D eigenvalue weighted by Gasteiger charge is 2.07. The highest BCUT2D eigenvalue weighted by Crippen LogP contribution is 2.26. The molecular weight excluding hydrogens is 212 g/mol. The van der Waals surface area contributed by atoms with E-state index >= 15 is 0 Å². The number of aromatic amines is 1. The number of H-pyrrole nitrogens is 1. The summed E-state index contributed by atoms with van der Waals surface area (Å²) in [5.41, 5.74) is 8.07. The normalized spacial score (nSPS) is 12.2. The van der Waals surface area contributed by atoms with E-state index in [9.17, 15) is 0 Å². The zero-order valence-electron chi connectivity index (χ0n) is 8.78. The Hall–Kier alpha value is -1.19. The maximum absolute atomic E-state index is 5.85. The molecule has 15 heavy (non-hydrogen) atoms. The lowest BCUT2D eigenvalue weighted by Crippen LogP contribution is -2.03. The first-order chi connectivity index (χ1) is 6.72. The third-order valence-electron chi connectivity index (χ3n) is 2.41. The largest absolute Gasteiger partial charge is 0.497 e. The van der Waals surface area contributed by atoms with Crippen molar-refractivity contribution < 1.29 is 4.74 Å². The third-order valence-corrected chi connectivity index (χ3v) is 2.41. The standard InChI is InChI=1S/C11H14N2O.ClH/c1-7(12)10-6-13-11-4-3-8(14-2)5-9(10)11;/h3-7,13H,12H2,1-2H3;1H/t7-;/m1./s1. The van der Waals surface area contributed by atoms with E-state index in [-0.39, 0.29) is 18.4 Å². The van der Waals surface area contributed by atoms with Crippen LogP contribution in [0.15, 0.2) is 24.4 Å². The molecular formula is C11H15ClN2O. The molecule has 0 amide bonds. The summed E-state index contributed by atoms with van der Waals surface area (Å²) in [5, 5.41) is 1.14. The van der Waals surface area contributed by atoms with Crippen molar-refractivity contribution in [2.75, 3.05) is 7.11 Å². The number of benzene rings is 1. The van der Waals surface area contributed by atoms with Gasteiger partial charge in [0.1, 0.15) is 5.75 Å². The van der Waals surface area contributed by atoms with Gasteiger partial charge in [0.2, 0.25) is 0 Å². The lowest BCUT2D eigenvalue weighted by Gasteiger charge is -2.04. The first-order valence-electron chi connectivity index (χ1n) is 4.63. The number of nitrogens with two attached hydrogens (primary N) is 1. The first-order valence-corrected chi connectivity index (χ1v) is 4.63. The van der Waals surface area contributed by atoms with Gasteiger partial charge in [-0.2, -0.15) is 0 Å². The molecule has 1 aromatic heterocycles. The molecule has 0 aliphatic rings. The van der Waals surface area contributed by atoms with Gasteiger partial charge >= 0.3 is 0 Å². The van der Waals surface area contributed by atoms with Gasteiger partial charge in [-0.05, 0) is 30.7 Å². The summed E-state index contributed by atoms with van der Waals surface area (Å²) in [5.74, 6) is 0.860. The monoisotopic (exact) mass is 226 g/mol. The smallest absolute Gasteiger partial charge is 0.119 e. The van der Waals surface area contributed by atoms with Crippen LogP contribution in [-0.2, 0) is 0 Å². The fourth-order valence-corrected chi connectivity index (χ4v) is 1.63. The minimum Gasteiger partial charge on any atom is -0.497 e. The molecule has 0 bridgehead atoms. The molecule has 0 saturated carbocycles. The number of fused-ring (bicyclic) bond motifs is 1. The predicted octanol–water partition coefficient (Wildman–Crippen LogP) is 2.62. The minimum atomic E-state index is 0. The van der Waals surface area contributed by atoms with Gasteiger partial charge in [0.25, 0.3) is 0 Å². The van der Waals surface area contributed by atoms with Crippen LogP contribution < -0.4 is 10.5 Å². The maximum atomic E-state index is 5.85. The molecule has 4 heteroatoms. The van der Waals surface area contributed by atoms with Gasteiger partial charge < -0.3 is 15.5 Å². The fourth-order valence-electron chi connectivity index (χ4n) is 1.63. The molecule has 0 spiro atoms. The maximum Gasteiger partial charge on any atom is 0.119 e. The highest BCUT2D eigenvalue weighted by molar-refractivity contribution is 5.85. The van der Waals surface area contributed by atoms with Crippen LogP contribution >= 0.6 is 12.4 Å². The van der Waals surface area contributed by atoms with E-state index in [1.807, 2.05) is 31.3 Å². The summed E-state index contributed by atoms with van der Waals surface area (Å²) in [6.45, 7) is 1.97. The summed E-state index contributed by atoms with van der Waals surface area (Å²) < 4.78 is 5.17. The van der Waals surface area contributed by atoms with Gasteiger partial charge in [0.05, 0.1) is 7.11 Å². The van der Waals surface area contributed by atoms with E-state index in [1.54, 1.807) is 7.11 Å². The number of methoxy groups -OCH3 is 1. The Morgan fingerprint density at radius 2 is 2.13 bits per heavy atom. The number of hydrogen-bond acceptors (Lipinski definition) is 2. The SMILES string of the molecule is COc1ccc2[nH]cc([C@@H](C)N)c2c1.Cl. The number of hydrogen-bond donors (Lipinski definition) is 2. The van der Waals surface area contributed by atoms with Gasteiger partial charge in [-0.1, -0.05) is 0 Å². The van der Waals surface area contributed by atoms with Crippen molar-refractivity contribution in [2.24, 2.45) is 5.73 Å². The van der Waals surface area contributed by atoms with E-state index in [0.717, 1.165) is 22.2 Å². The van der Waals surface area contributed by atoms with Crippen LogP contribution in [0.25, 0.3) is 10.9 Å². The number of rotatable bonds is 2. The molecule has 1 aromatic carbocycles. The van der Waals surface area contributed by atoms with Gasteiger partial charge in [-0.3, -0.25) is 0 Å². The Balaban J connectivity index is 0.00000112. The van der Waals surface area contributed by atoms with Gasteiger partial charge in [-0.25, -0.2) is 0 Å². The van der Waals surface area contributed by atoms with Crippen LogP contribution in [0, 0.1) is 0 Å². The molecule has 82 valence electrons. The van der Waals surface area contributed by atoms with Crippen molar-refractivity contribution in [1.29, 1.82) is 0 Å². The molecule has 0 saturated heterocycles. The molecule has 1 atom stereocenters. The predicted molar refractivity (Wildman–Crippen MR) is 64.7 cm³/mol. The Morgan fingerprint density at radius 1 is 1.40 bits per heavy atom. The summed E-state index contributed by atoms with van der Waals surface area (Å²) in [6, 6.07) is 5.98. The molecule has 2 aromatic rings. The topological polar surface area (TPSA) is 51.0 Å². The molecule has 3 N–H and O–H groups in total. The Bertz CT molecular complexity index is 451. The zero-order chi connectivity index (χ0) is 10.1. The van der Waals surface area contributed by atoms with Gasteiger partial charge in [-0.15, -0.1) is 12.4 Å². The second-order valence-electron chi connectivity index (χ2n) is 3.44. The Labute approximate surface area is 95.0 Å². The summed E-state index contributed by atoms with van der Waals surface area (Å²) in [7, 11) is 1.67. The van der Waals surface area contributed by atoms with Gasteiger partial charge in [0, 0.05) is 23.1 Å². The van der Waals surface area contributed by atoms with E-state index in [0.29, 0.717) is 0 Å². The molecule has 0 unspecified atom stereocenters. The van der Waals surface area contributed by atoms with Crippen molar-refractivity contribution in [1.82, 2.24) is 4.98 Å². The second kappa shape index (κ2) is 4.55. The quantitative estimate of drug-likeness (QED) is 0.827. The average molecular weight is 227 g/mol. The molecule has 0 aliphatic heterocycles. The van der Waals surface area contributed by atoms with Crippen LogP contribution in [0.5, 0.6) is 5.75 Å². The highest BCUT2D eigenvalue weighted by atomic mass is 35.5. The molecule has 2 rings (SSSR count). The van der Waals surface area contributed by atoms with E-state index in [4.69, 9.17) is 10.5 Å². The second-order valence-corrected chi connectivity index (χ2v) is 3.44. The van der Waals surface area contributed by atoms with Gasteiger partial charge in [0.15, 0.2) is 0 Å². The fraction of sp³-hybridized carbons (Fsp3) is 0.273. The van der Waals surface area contributed by atoms with Crippen molar-refractivity contribution >= 4 is 23.3 Å². The van der Waals surface area contributed by atoms with Crippen molar-refractivity contribution in [2.45, 2.75) is 13.0 Å². The van der Waals surface area contributed by atoms with Crippen molar-refractivity contribution in [3.05, 3.63) is 30.0 Å². The Kier molecular flexibility index (Phi) is 3.61. The third kappa shape index (κ3) is 2.08. The van der Waals surface area contributed by atoms with E-state index in [1.165, 1.54) is 0 Å². The van der Waals surface area contributed by atoms with Crippen molar-refractivity contribution in [3.8, 4) is 5.75 Å². The molecule has 1 heterocycles. The van der Waals surface area contributed by atoms with Crippen LogP contribution in [0.2, 0.25) is 0 Å². The number of halogens is 1. The molecule has 3 nitrogen and oxygen atoms in total. The lowest BCUT2D eigenvalue weighted by molar-refractivity contribution is 0.415. The number of ether oxygens (including phenoxy) is 1. The molecule has 0 aliphatic carbocycles. The van der Waals surface area contributed by atoms with Crippen LogP contribution in [-0.4, -0.2) is 12.1 Å². The van der Waals surface area contributed by atoms with Crippen LogP contribution in [0.3, 0.4) is 0 Å². The Morgan fingerprint density at radius 3 is 2.73 bits per heavy atom.